The molecule has 136 valence electrons. The largest absolute Gasteiger partial charge is 0.367 e. The van der Waals surface area contributed by atoms with Crippen molar-refractivity contribution in [3.05, 3.63) is 47.8 Å². The Hall–Kier alpha value is -3.47. The fraction of sp³-hybridized carbons (Fsp3) is 0.316. The fourth-order valence-electron chi connectivity index (χ4n) is 3.72. The van der Waals surface area contributed by atoms with Crippen LogP contribution in [0, 0.1) is 33.5 Å². The molecule has 1 aliphatic carbocycles. The average Bonchev–Trinajstić information content (AvgIpc) is 3.13. The summed E-state index contributed by atoms with van der Waals surface area (Å²) in [6, 6.07) is 7.60. The third-order valence-corrected chi connectivity index (χ3v) is 5.55. The second-order valence-electron chi connectivity index (χ2n) is 7.43. The molecule has 0 bridgehead atoms. The van der Waals surface area contributed by atoms with E-state index in [2.05, 4.69) is 40.2 Å². The molecule has 0 radical (unpaired) electrons. The lowest BCUT2D eigenvalue weighted by atomic mass is 9.58. The molecule has 0 saturated heterocycles. The molecule has 0 aliphatic heterocycles. The predicted octanol–water partition coefficient (Wildman–Crippen LogP) is 2.46. The van der Waals surface area contributed by atoms with Gasteiger partial charge in [0.25, 0.3) is 0 Å². The van der Waals surface area contributed by atoms with E-state index in [4.69, 9.17) is 16.1 Å². The van der Waals surface area contributed by atoms with Crippen molar-refractivity contribution in [1.82, 2.24) is 19.5 Å². The lowest BCUT2D eigenvalue weighted by molar-refractivity contribution is 0.100. The SMILES string of the molecule is CC1(C)C(Nc2ccc(C#N)cn2)C[C@H]1C(=N)n1c(=N)cnc2[nH]ccc21. The minimum absolute atomic E-state index is 0.00276. The van der Waals surface area contributed by atoms with Gasteiger partial charge in [-0.15, -0.1) is 0 Å². The van der Waals surface area contributed by atoms with Crippen molar-refractivity contribution in [3.8, 4) is 6.07 Å². The van der Waals surface area contributed by atoms with E-state index >= 15 is 0 Å². The van der Waals surface area contributed by atoms with Crippen LogP contribution >= 0.6 is 0 Å². The number of anilines is 1. The van der Waals surface area contributed by atoms with E-state index in [1.807, 2.05) is 6.07 Å². The highest BCUT2D eigenvalue weighted by Gasteiger charge is 2.51. The van der Waals surface area contributed by atoms with Crippen molar-refractivity contribution in [2.45, 2.75) is 26.3 Å². The normalized spacial score (nSPS) is 20.6. The number of nitrogens with zero attached hydrogens (tertiary/aromatic N) is 4. The summed E-state index contributed by atoms with van der Waals surface area (Å²) in [6.45, 7) is 4.24. The summed E-state index contributed by atoms with van der Waals surface area (Å²) < 4.78 is 1.65. The summed E-state index contributed by atoms with van der Waals surface area (Å²) in [5.74, 6) is 1.13. The first-order valence-electron chi connectivity index (χ1n) is 8.73. The van der Waals surface area contributed by atoms with Crippen LogP contribution in [0.3, 0.4) is 0 Å². The molecule has 27 heavy (non-hydrogen) atoms. The van der Waals surface area contributed by atoms with Gasteiger partial charge in [-0.3, -0.25) is 15.4 Å². The molecule has 1 saturated carbocycles. The van der Waals surface area contributed by atoms with Gasteiger partial charge < -0.3 is 10.3 Å². The van der Waals surface area contributed by atoms with Crippen molar-refractivity contribution in [3.63, 3.8) is 0 Å². The van der Waals surface area contributed by atoms with Gasteiger partial charge >= 0.3 is 0 Å². The number of aromatic amines is 1. The number of nitrogens with one attached hydrogen (secondary N) is 4. The van der Waals surface area contributed by atoms with Gasteiger partial charge in [-0.05, 0) is 30.0 Å². The van der Waals surface area contributed by atoms with E-state index in [-0.39, 0.29) is 22.9 Å². The molecular weight excluding hydrogens is 340 g/mol. The fourth-order valence-corrected chi connectivity index (χ4v) is 3.72. The molecule has 1 unspecified atom stereocenters. The zero-order chi connectivity index (χ0) is 19.2. The van der Waals surface area contributed by atoms with Crippen LogP contribution in [0.2, 0.25) is 0 Å². The van der Waals surface area contributed by atoms with Gasteiger partial charge in [0, 0.05) is 24.4 Å². The van der Waals surface area contributed by atoms with Crippen LogP contribution in [-0.2, 0) is 0 Å². The summed E-state index contributed by atoms with van der Waals surface area (Å²) in [7, 11) is 0. The average molecular weight is 360 g/mol. The highest BCUT2D eigenvalue weighted by atomic mass is 15.1. The third kappa shape index (κ3) is 2.68. The second kappa shape index (κ2) is 6.06. The Kier molecular flexibility index (Phi) is 3.81. The van der Waals surface area contributed by atoms with Crippen LogP contribution < -0.4 is 10.8 Å². The quantitative estimate of drug-likeness (QED) is 0.422. The molecule has 0 amide bonds. The first-order valence-corrected chi connectivity index (χ1v) is 8.73. The monoisotopic (exact) mass is 360 g/mol. The number of hydrogen-bond acceptors (Lipinski definition) is 6. The molecular formula is C19H20N8. The van der Waals surface area contributed by atoms with Crippen LogP contribution in [0.25, 0.3) is 11.2 Å². The number of hydrogen-bond donors (Lipinski definition) is 4. The predicted molar refractivity (Wildman–Crippen MR) is 101 cm³/mol. The van der Waals surface area contributed by atoms with Gasteiger partial charge in [0.15, 0.2) is 5.65 Å². The van der Waals surface area contributed by atoms with Gasteiger partial charge in [-0.2, -0.15) is 5.26 Å². The zero-order valence-corrected chi connectivity index (χ0v) is 15.1. The van der Waals surface area contributed by atoms with E-state index in [0.29, 0.717) is 17.0 Å². The smallest absolute Gasteiger partial charge is 0.154 e. The summed E-state index contributed by atoms with van der Waals surface area (Å²) in [5.41, 5.74) is 1.96. The van der Waals surface area contributed by atoms with Crippen LogP contribution in [0.1, 0.15) is 25.8 Å². The van der Waals surface area contributed by atoms with E-state index in [0.717, 1.165) is 17.8 Å². The van der Waals surface area contributed by atoms with Gasteiger partial charge in [0.2, 0.25) is 0 Å². The Labute approximate surface area is 155 Å². The molecule has 8 heteroatoms. The van der Waals surface area contributed by atoms with Crippen molar-refractivity contribution < 1.29 is 0 Å². The second-order valence-corrected chi connectivity index (χ2v) is 7.43. The lowest BCUT2D eigenvalue weighted by Crippen LogP contribution is -2.58. The van der Waals surface area contributed by atoms with E-state index in [1.54, 1.807) is 29.1 Å². The molecule has 4 rings (SSSR count). The van der Waals surface area contributed by atoms with Gasteiger partial charge in [0.1, 0.15) is 23.2 Å². The zero-order valence-electron chi connectivity index (χ0n) is 15.1. The van der Waals surface area contributed by atoms with Gasteiger partial charge in [-0.25, -0.2) is 9.97 Å². The first kappa shape index (κ1) is 17.0. The topological polar surface area (TPSA) is 130 Å². The maximum Gasteiger partial charge on any atom is 0.154 e. The summed E-state index contributed by atoms with van der Waals surface area (Å²) in [6.07, 6.45) is 5.56. The number of rotatable bonds is 3. The molecule has 1 aliphatic rings. The molecule has 0 spiro atoms. The lowest BCUT2D eigenvalue weighted by Gasteiger charge is -2.52. The summed E-state index contributed by atoms with van der Waals surface area (Å²) in [4.78, 5) is 11.5. The number of fused-ring (bicyclic) bond motifs is 1. The maximum absolute atomic E-state index is 8.88. The summed E-state index contributed by atoms with van der Waals surface area (Å²) >= 11 is 0. The Balaban J connectivity index is 1.56. The number of nitriles is 1. The van der Waals surface area contributed by atoms with Crippen LogP contribution in [0.5, 0.6) is 0 Å². The Morgan fingerprint density at radius 1 is 1.33 bits per heavy atom. The molecule has 0 aromatic carbocycles. The molecule has 3 aromatic heterocycles. The van der Waals surface area contributed by atoms with Crippen molar-refractivity contribution >= 4 is 22.8 Å². The first-order chi connectivity index (χ1) is 12.9. The Morgan fingerprint density at radius 3 is 2.81 bits per heavy atom. The molecule has 3 heterocycles. The number of pyridine rings is 1. The van der Waals surface area contributed by atoms with E-state index in [1.165, 1.54) is 6.20 Å². The number of aromatic nitrogens is 4. The van der Waals surface area contributed by atoms with Crippen molar-refractivity contribution in [1.29, 1.82) is 16.1 Å². The molecule has 8 nitrogen and oxygen atoms in total. The maximum atomic E-state index is 8.88. The van der Waals surface area contributed by atoms with E-state index in [9.17, 15) is 0 Å². The van der Waals surface area contributed by atoms with Crippen LogP contribution in [0.4, 0.5) is 5.82 Å². The third-order valence-electron chi connectivity index (χ3n) is 5.55. The molecule has 2 atom stereocenters. The molecule has 3 aromatic rings. The van der Waals surface area contributed by atoms with Crippen LogP contribution in [-0.4, -0.2) is 31.4 Å². The van der Waals surface area contributed by atoms with Gasteiger partial charge in [0.05, 0.1) is 17.3 Å². The van der Waals surface area contributed by atoms with Crippen molar-refractivity contribution in [2.24, 2.45) is 11.3 Å². The summed E-state index contributed by atoms with van der Waals surface area (Å²) in [5, 5.41) is 29.2. The standard InChI is InChI=1S/C19H20N8/c1-19(2)12(7-14(19)26-16-4-3-11(8-20)9-24-16)17(22)27-13-5-6-23-18(13)25-10-15(27)21/h3-6,9-10,12,14,21-23H,7H2,1-2H3,(H,24,26)/t12-,14?/m0/s1. The minimum Gasteiger partial charge on any atom is -0.367 e. The molecule has 1 fully saturated rings. The van der Waals surface area contributed by atoms with Crippen LogP contribution in [0.15, 0.2) is 36.8 Å². The highest BCUT2D eigenvalue weighted by Crippen LogP contribution is 2.48. The van der Waals surface area contributed by atoms with Crippen molar-refractivity contribution in [2.75, 3.05) is 5.32 Å². The number of H-pyrrole nitrogens is 1. The Morgan fingerprint density at radius 2 is 2.15 bits per heavy atom. The Bertz CT molecular complexity index is 1110. The molecule has 4 N–H and O–H groups in total. The highest BCUT2D eigenvalue weighted by molar-refractivity contribution is 5.92. The van der Waals surface area contributed by atoms with Gasteiger partial charge in [-0.1, -0.05) is 13.8 Å². The minimum atomic E-state index is -0.183. The van der Waals surface area contributed by atoms with E-state index < -0.39 is 0 Å².